The van der Waals surface area contributed by atoms with Gasteiger partial charge in [0.15, 0.2) is 23.3 Å². The first kappa shape index (κ1) is 101. The monoisotopic (exact) mass is 2060 g/mol. The van der Waals surface area contributed by atoms with Crippen LogP contribution in [0.4, 0.5) is 90.7 Å². The number of pyridine rings is 1. The van der Waals surface area contributed by atoms with Crippen LogP contribution in [-0.4, -0.2) is 266 Å². The summed E-state index contributed by atoms with van der Waals surface area (Å²) >= 11 is 0. The lowest BCUT2D eigenvalue weighted by Gasteiger charge is -2.33. The van der Waals surface area contributed by atoms with Crippen LogP contribution in [0.5, 0.6) is 17.2 Å². The molecule has 4 saturated heterocycles. The number of rotatable bonds is 13. The van der Waals surface area contributed by atoms with Gasteiger partial charge in [0, 0.05) is 276 Å². The molecule has 46 heteroatoms. The summed E-state index contributed by atoms with van der Waals surface area (Å²) in [5, 5.41) is 42.3. The highest BCUT2D eigenvalue weighted by atomic mass is 19.4. The molecule has 0 bridgehead atoms. The second-order valence-electron chi connectivity index (χ2n) is 39.5. The second kappa shape index (κ2) is 42.1. The highest BCUT2D eigenvalue weighted by Crippen LogP contribution is 2.53. The number of nitrogens with zero attached hydrogens (tertiary/aromatic N) is 25. The van der Waals surface area contributed by atoms with Crippen molar-refractivity contribution in [1.82, 2.24) is 113 Å². The van der Waals surface area contributed by atoms with E-state index >= 15 is 0 Å². The zero-order valence-electron chi connectivity index (χ0n) is 84.5. The van der Waals surface area contributed by atoms with Crippen LogP contribution in [0, 0.1) is 0 Å². The van der Waals surface area contributed by atoms with Crippen LogP contribution in [0.1, 0.15) is 170 Å². The van der Waals surface area contributed by atoms with Crippen molar-refractivity contribution in [1.29, 1.82) is 0 Å². The molecule has 4 fully saturated rings. The topological polar surface area (TPSA) is 338 Å². The number of carbonyl (C=O) groups excluding carboxylic acids is 4. The van der Waals surface area contributed by atoms with Crippen molar-refractivity contribution >= 4 is 69.9 Å². The lowest BCUT2D eigenvalue weighted by atomic mass is 9.99. The summed E-state index contributed by atoms with van der Waals surface area (Å²) in [7, 11) is 10.3. The Kier molecular flexibility index (Phi) is 28.5. The number of urea groups is 2. The number of hydrogen-bond acceptors (Lipinski definition) is 24. The van der Waals surface area contributed by atoms with E-state index in [-0.39, 0.29) is 65.3 Å². The minimum atomic E-state index is -4.60. The van der Waals surface area contributed by atoms with Crippen molar-refractivity contribution < 1.29 is 87.5 Å². The number of aryl methyl sites for hydroxylation is 5. The molecule has 9 aromatic heterocycles. The van der Waals surface area contributed by atoms with E-state index in [1.165, 1.54) is 58.1 Å². The van der Waals surface area contributed by atoms with Crippen LogP contribution in [0.15, 0.2) is 98.2 Å². The number of fused-ring (bicyclic) bond motifs is 8. The van der Waals surface area contributed by atoms with Crippen molar-refractivity contribution in [3.8, 4) is 61.9 Å². The third-order valence-electron chi connectivity index (χ3n) is 30.2. The minimum absolute atomic E-state index is 0.0109. The standard InChI is InChI=1S/C26H30F3N7O3.C26H29F3N6O3.C26H30F2N6O3.C25H32N8O2/c1-30-25(37)34-6-3-21-19(15-34)24(32-36(21)17-4-8-38-9-5-17)35-7-10-39-23-11-18(16-13-31-33(2)14-16)20(12-22(23)35)26(27,28)29;1-16(36)33-6-3-22-20(15-33)25(31-35(22)18-4-8-37-9-5-18)34-7-10-38-24-11-19(17-13-30-32(2)14-17)21(12-23(24)34)26(27,28)29;1-16(35)32-6-3-22-21(15-32)26(30-34(22)18-4-8-36-9-5-18)33-7-10-37-24-12-19(17-13-29-31(2)14-17)20(25(27)28)11-23(24)33;1-26-25(34)31-9-5-22-20(16-31)24(29-33(22)19-6-10-35-11-7-19)32-8-3-4-17-12-21(27-14-23(17)32)18-13-28-30(2)15-18/h11-14,17H,3-10,15H2,1-2H3,(H,30,37);11-14,18H,3-10,15H2,1-2H3;11-14,18,25H,3-10,15H2,1-2H3;12-15,19H,3-11,16H2,1-2H3,(H,26,34). The summed E-state index contributed by atoms with van der Waals surface area (Å²) in [4.78, 5) is 69.4. The molecule has 0 unspecified atom stereocenters. The van der Waals surface area contributed by atoms with Gasteiger partial charge in [-0.2, -0.15) is 67.1 Å². The number of ether oxygens (including phenoxy) is 7. The van der Waals surface area contributed by atoms with Crippen LogP contribution < -0.4 is 44.4 Å². The van der Waals surface area contributed by atoms with Gasteiger partial charge in [0.25, 0.3) is 6.43 Å². The molecule has 24 rings (SSSR count). The molecule has 12 aliphatic heterocycles. The normalized spacial score (nSPS) is 18.2. The molecule has 2 N–H and O–H groups in total. The first-order valence-corrected chi connectivity index (χ1v) is 51.0. The predicted octanol–water partition coefficient (Wildman–Crippen LogP) is 14.8. The zero-order chi connectivity index (χ0) is 104. The van der Waals surface area contributed by atoms with Crippen molar-refractivity contribution in [3.05, 3.63) is 166 Å². The first-order valence-electron chi connectivity index (χ1n) is 51.0. The van der Waals surface area contributed by atoms with E-state index in [1.807, 2.05) is 59.5 Å². The van der Waals surface area contributed by atoms with Gasteiger partial charge in [-0.3, -0.25) is 52.0 Å². The molecular formula is C103H121F8N27O11. The predicted molar refractivity (Wildman–Crippen MR) is 532 cm³/mol. The van der Waals surface area contributed by atoms with Crippen LogP contribution >= 0.6 is 0 Å². The van der Waals surface area contributed by atoms with E-state index in [0.29, 0.717) is 224 Å². The fourth-order valence-corrected chi connectivity index (χ4v) is 22.6. The molecule has 0 aliphatic carbocycles. The van der Waals surface area contributed by atoms with Gasteiger partial charge in [-0.1, -0.05) is 0 Å². The number of carbonyl (C=O) groups is 4. The number of anilines is 8. The molecule has 0 radical (unpaired) electrons. The molecule has 3 aromatic carbocycles. The summed E-state index contributed by atoms with van der Waals surface area (Å²) in [6.45, 7) is 15.7. The van der Waals surface area contributed by atoms with Crippen LogP contribution in [-0.2, 0) is 127 Å². The Morgan fingerprint density at radius 3 is 1.01 bits per heavy atom. The molecule has 12 aromatic rings. The molecule has 6 amide bonds. The maximum Gasteiger partial charge on any atom is 0.417 e. The second-order valence-corrected chi connectivity index (χ2v) is 39.5. The first-order chi connectivity index (χ1) is 72.0. The number of amides is 6. The molecule has 0 saturated carbocycles. The van der Waals surface area contributed by atoms with Gasteiger partial charge in [-0.05, 0) is 118 Å². The van der Waals surface area contributed by atoms with Gasteiger partial charge < -0.3 is 83.0 Å². The molecule has 21 heterocycles. The van der Waals surface area contributed by atoms with Crippen LogP contribution in [0.2, 0.25) is 0 Å². The van der Waals surface area contributed by atoms with E-state index in [2.05, 4.69) is 51.4 Å². The lowest BCUT2D eigenvalue weighted by molar-refractivity contribution is -0.137. The fourth-order valence-electron chi connectivity index (χ4n) is 22.6. The smallest absolute Gasteiger partial charge is 0.417 e. The summed E-state index contributed by atoms with van der Waals surface area (Å²) in [6, 6.07) is 11.2. The van der Waals surface area contributed by atoms with Gasteiger partial charge in [0.05, 0.1) is 141 Å². The van der Waals surface area contributed by atoms with Crippen LogP contribution in [0.3, 0.4) is 0 Å². The largest absolute Gasteiger partial charge is 0.490 e. The van der Waals surface area contributed by atoms with E-state index in [0.717, 1.165) is 165 Å². The van der Waals surface area contributed by atoms with E-state index in [4.69, 9.17) is 58.5 Å². The fraction of sp³-hybridized carbons (Fsp3) is 0.505. The van der Waals surface area contributed by atoms with Gasteiger partial charge in [0.1, 0.15) is 37.1 Å². The van der Waals surface area contributed by atoms with Crippen molar-refractivity contribution in [2.45, 2.75) is 173 Å². The number of hydrogen-bond donors (Lipinski definition) is 2. The summed E-state index contributed by atoms with van der Waals surface area (Å²) in [5.74, 6) is 4.05. The lowest BCUT2D eigenvalue weighted by Crippen LogP contribution is -2.42. The van der Waals surface area contributed by atoms with Crippen molar-refractivity contribution in [2.24, 2.45) is 28.2 Å². The third kappa shape index (κ3) is 20.3. The Morgan fingerprint density at radius 1 is 0.369 bits per heavy atom. The third-order valence-corrected chi connectivity index (χ3v) is 30.2. The summed E-state index contributed by atoms with van der Waals surface area (Å²) in [6.07, 6.45) is 15.0. The molecule has 0 spiro atoms. The van der Waals surface area contributed by atoms with Gasteiger partial charge in [-0.25, -0.2) is 18.4 Å². The average molecular weight is 2070 g/mol. The Balaban J connectivity index is 0.000000116. The van der Waals surface area contributed by atoms with E-state index in [1.54, 1.807) is 92.2 Å². The quantitative estimate of drug-likeness (QED) is 0.101. The molecule has 0 atom stereocenters. The minimum Gasteiger partial charge on any atom is -0.490 e. The van der Waals surface area contributed by atoms with Gasteiger partial charge in [0.2, 0.25) is 11.8 Å². The number of halogens is 8. The van der Waals surface area contributed by atoms with Gasteiger partial charge >= 0.3 is 24.4 Å². The van der Waals surface area contributed by atoms with Crippen molar-refractivity contribution in [3.63, 3.8) is 0 Å². The summed E-state index contributed by atoms with van der Waals surface area (Å²) < 4.78 is 170. The number of benzene rings is 3. The Morgan fingerprint density at radius 2 is 0.685 bits per heavy atom. The van der Waals surface area contributed by atoms with Gasteiger partial charge in [-0.15, -0.1) is 0 Å². The molecule has 790 valence electrons. The zero-order valence-corrected chi connectivity index (χ0v) is 84.5. The molecule has 12 aliphatic rings. The van der Waals surface area contributed by atoms with E-state index < -0.39 is 29.9 Å². The highest BCUT2D eigenvalue weighted by Gasteiger charge is 2.45. The van der Waals surface area contributed by atoms with Crippen LogP contribution in [0.25, 0.3) is 44.6 Å². The molecular weight excluding hydrogens is 1940 g/mol. The SMILES string of the molecule is CC(=O)N1CCc2c(c(N3CCOc4cc(-c5cnn(C)c5)c(C(F)(F)F)cc43)nn2C2CCOCC2)C1.CC(=O)N1CCc2c(c(N3CCOc4cc(-c5cnn(C)c5)c(C(F)F)cc43)nn2C2CCOCC2)C1.CNC(=O)N1CCc2c(c(N3CCCc4cc(-c5cnn(C)c5)ncc43)nn2C2CCOCC2)C1.CNC(=O)N1CCc2c(c(N3CCOc4cc(-c5cnn(C)c5)c(C(F)(F)F)cc43)nn2C2CCOCC2)C1. The Labute approximate surface area is 853 Å². The maximum atomic E-state index is 14.4. The van der Waals surface area contributed by atoms with Crippen molar-refractivity contribution in [2.75, 3.05) is 159 Å². The van der Waals surface area contributed by atoms with E-state index in [9.17, 15) is 54.3 Å². The summed E-state index contributed by atoms with van der Waals surface area (Å²) in [5.41, 5.74) is 14.0. The maximum absolute atomic E-state index is 14.4. The molecule has 38 nitrogen and oxygen atoms in total. The number of nitrogens with one attached hydrogen (secondary N) is 2. The number of aromatic nitrogens is 17. The average Bonchev–Trinajstić information content (AvgIpc) is 1.65. The Bertz CT molecular complexity index is 6970. The molecule has 149 heavy (non-hydrogen) atoms. The highest BCUT2D eigenvalue weighted by molar-refractivity contribution is 5.85. The number of alkyl halides is 8. The Hall–Kier alpha value is -14.2.